The minimum atomic E-state index is 0.439. The number of hydrogen-bond acceptors (Lipinski definition) is 3. The molecule has 0 bridgehead atoms. The molecule has 1 heterocycles. The standard InChI is InChI=1S/C18H32N2O/c1-13(2)10-19-11-16-17(21-12-20-16)14-6-8-15(9-7-14)18(3,4)5/h12-15,19H,6-11H2,1-5H3. The number of hydrogen-bond donors (Lipinski definition) is 1. The molecule has 0 radical (unpaired) electrons. The van der Waals surface area contributed by atoms with Crippen LogP contribution >= 0.6 is 0 Å². The molecule has 21 heavy (non-hydrogen) atoms. The van der Waals surface area contributed by atoms with Gasteiger partial charge >= 0.3 is 0 Å². The average Bonchev–Trinajstić information content (AvgIpc) is 2.86. The first-order valence-corrected chi connectivity index (χ1v) is 8.51. The van der Waals surface area contributed by atoms with Gasteiger partial charge in [0.1, 0.15) is 5.76 Å². The Hall–Kier alpha value is -0.830. The van der Waals surface area contributed by atoms with Gasteiger partial charge in [0.25, 0.3) is 0 Å². The van der Waals surface area contributed by atoms with Crippen molar-refractivity contribution in [2.45, 2.75) is 72.8 Å². The van der Waals surface area contributed by atoms with Crippen LogP contribution in [0, 0.1) is 17.3 Å². The highest BCUT2D eigenvalue weighted by atomic mass is 16.3. The smallest absolute Gasteiger partial charge is 0.181 e. The van der Waals surface area contributed by atoms with Gasteiger partial charge in [0.2, 0.25) is 0 Å². The van der Waals surface area contributed by atoms with Gasteiger partial charge in [0.15, 0.2) is 6.39 Å². The predicted molar refractivity (Wildman–Crippen MR) is 87.2 cm³/mol. The van der Waals surface area contributed by atoms with Gasteiger partial charge in [-0.1, -0.05) is 34.6 Å². The van der Waals surface area contributed by atoms with E-state index in [1.165, 1.54) is 25.7 Å². The Bertz CT molecular complexity index is 423. The molecule has 0 atom stereocenters. The number of nitrogens with zero attached hydrogens (tertiary/aromatic N) is 1. The second kappa shape index (κ2) is 6.95. The Labute approximate surface area is 129 Å². The van der Waals surface area contributed by atoms with Crippen LogP contribution in [0.1, 0.15) is 77.7 Å². The van der Waals surface area contributed by atoms with E-state index < -0.39 is 0 Å². The summed E-state index contributed by atoms with van der Waals surface area (Å²) in [6, 6.07) is 0. The fraction of sp³-hybridized carbons (Fsp3) is 0.833. The summed E-state index contributed by atoms with van der Waals surface area (Å²) >= 11 is 0. The quantitative estimate of drug-likeness (QED) is 0.851. The molecule has 0 saturated heterocycles. The molecule has 3 heteroatoms. The van der Waals surface area contributed by atoms with Crippen molar-refractivity contribution in [3.05, 3.63) is 17.8 Å². The summed E-state index contributed by atoms with van der Waals surface area (Å²) < 4.78 is 5.73. The molecule has 1 aromatic rings. The summed E-state index contributed by atoms with van der Waals surface area (Å²) in [5, 5.41) is 3.48. The van der Waals surface area contributed by atoms with Crippen LogP contribution in [-0.2, 0) is 6.54 Å². The topological polar surface area (TPSA) is 38.1 Å². The van der Waals surface area contributed by atoms with E-state index in [2.05, 4.69) is 44.9 Å². The first-order valence-electron chi connectivity index (χ1n) is 8.51. The molecule has 1 fully saturated rings. The highest BCUT2D eigenvalue weighted by Crippen LogP contribution is 2.43. The first kappa shape index (κ1) is 16.5. The molecular weight excluding hydrogens is 260 g/mol. The predicted octanol–water partition coefficient (Wildman–Crippen LogP) is 4.74. The second-order valence-corrected chi connectivity index (χ2v) is 8.10. The average molecular weight is 292 g/mol. The SMILES string of the molecule is CC(C)CNCc1ncoc1C1CCC(C(C)(C)C)CC1. The number of oxazole rings is 1. The van der Waals surface area contributed by atoms with E-state index in [1.807, 2.05) is 0 Å². The largest absolute Gasteiger partial charge is 0.448 e. The normalized spacial score (nSPS) is 23.7. The van der Waals surface area contributed by atoms with Crippen molar-refractivity contribution in [3.8, 4) is 0 Å². The van der Waals surface area contributed by atoms with Crippen molar-refractivity contribution in [2.75, 3.05) is 6.54 Å². The van der Waals surface area contributed by atoms with Gasteiger partial charge in [0.05, 0.1) is 5.69 Å². The van der Waals surface area contributed by atoms with Crippen LogP contribution in [0.5, 0.6) is 0 Å². The van der Waals surface area contributed by atoms with E-state index in [0.29, 0.717) is 17.3 Å². The second-order valence-electron chi connectivity index (χ2n) is 8.10. The van der Waals surface area contributed by atoms with Gasteiger partial charge in [-0.15, -0.1) is 0 Å². The third-order valence-electron chi connectivity index (χ3n) is 4.84. The lowest BCUT2D eigenvalue weighted by atomic mass is 9.69. The van der Waals surface area contributed by atoms with Crippen LogP contribution in [0.2, 0.25) is 0 Å². The zero-order valence-electron chi connectivity index (χ0n) is 14.4. The molecule has 1 aliphatic carbocycles. The minimum Gasteiger partial charge on any atom is -0.448 e. The molecule has 1 aliphatic rings. The summed E-state index contributed by atoms with van der Waals surface area (Å²) in [5.74, 6) is 3.22. The van der Waals surface area contributed by atoms with E-state index in [-0.39, 0.29) is 0 Å². The number of nitrogens with one attached hydrogen (secondary N) is 1. The summed E-state index contributed by atoms with van der Waals surface area (Å²) in [6.07, 6.45) is 6.74. The van der Waals surface area contributed by atoms with E-state index >= 15 is 0 Å². The fourth-order valence-corrected chi connectivity index (χ4v) is 3.44. The molecule has 0 amide bonds. The number of aromatic nitrogens is 1. The Morgan fingerprint density at radius 1 is 1.24 bits per heavy atom. The van der Waals surface area contributed by atoms with Crippen molar-refractivity contribution in [3.63, 3.8) is 0 Å². The Morgan fingerprint density at radius 3 is 2.48 bits per heavy atom. The molecule has 3 nitrogen and oxygen atoms in total. The lowest BCUT2D eigenvalue weighted by Crippen LogP contribution is -2.26. The van der Waals surface area contributed by atoms with E-state index in [1.54, 1.807) is 6.39 Å². The monoisotopic (exact) mass is 292 g/mol. The Balaban J connectivity index is 1.90. The summed E-state index contributed by atoms with van der Waals surface area (Å²) in [4.78, 5) is 4.43. The van der Waals surface area contributed by atoms with Crippen molar-refractivity contribution in [1.29, 1.82) is 0 Å². The molecule has 1 aromatic heterocycles. The van der Waals surface area contributed by atoms with Crippen LogP contribution in [-0.4, -0.2) is 11.5 Å². The molecule has 0 aromatic carbocycles. The molecule has 0 aliphatic heterocycles. The van der Waals surface area contributed by atoms with Crippen molar-refractivity contribution in [1.82, 2.24) is 10.3 Å². The maximum absolute atomic E-state index is 5.73. The van der Waals surface area contributed by atoms with E-state index in [9.17, 15) is 0 Å². The third kappa shape index (κ3) is 4.57. The van der Waals surface area contributed by atoms with Gasteiger partial charge in [0, 0.05) is 12.5 Å². The van der Waals surface area contributed by atoms with E-state index in [0.717, 1.165) is 30.5 Å². The molecule has 1 N–H and O–H groups in total. The van der Waals surface area contributed by atoms with Crippen LogP contribution in [0.3, 0.4) is 0 Å². The zero-order valence-corrected chi connectivity index (χ0v) is 14.4. The van der Waals surface area contributed by atoms with Crippen LogP contribution in [0.15, 0.2) is 10.8 Å². The molecule has 1 saturated carbocycles. The first-order chi connectivity index (χ1) is 9.88. The Kier molecular flexibility index (Phi) is 5.48. The Morgan fingerprint density at radius 2 is 1.90 bits per heavy atom. The molecule has 0 spiro atoms. The van der Waals surface area contributed by atoms with E-state index in [4.69, 9.17) is 4.42 Å². The third-order valence-corrected chi connectivity index (χ3v) is 4.84. The highest BCUT2D eigenvalue weighted by molar-refractivity contribution is 5.13. The van der Waals surface area contributed by atoms with Gasteiger partial charge in [-0.3, -0.25) is 0 Å². The molecule has 0 unspecified atom stereocenters. The molecular formula is C18H32N2O. The zero-order chi connectivity index (χ0) is 15.5. The maximum atomic E-state index is 5.73. The summed E-state index contributed by atoms with van der Waals surface area (Å²) in [5.41, 5.74) is 1.56. The van der Waals surface area contributed by atoms with Gasteiger partial charge in [-0.05, 0) is 49.5 Å². The molecule has 120 valence electrons. The lowest BCUT2D eigenvalue weighted by molar-refractivity contribution is 0.163. The van der Waals surface area contributed by atoms with Crippen LogP contribution in [0.4, 0.5) is 0 Å². The van der Waals surface area contributed by atoms with Gasteiger partial charge in [-0.25, -0.2) is 4.98 Å². The van der Waals surface area contributed by atoms with Gasteiger partial charge in [-0.2, -0.15) is 0 Å². The highest BCUT2D eigenvalue weighted by Gasteiger charge is 2.32. The fourth-order valence-electron chi connectivity index (χ4n) is 3.44. The van der Waals surface area contributed by atoms with Crippen LogP contribution < -0.4 is 5.32 Å². The van der Waals surface area contributed by atoms with Crippen molar-refractivity contribution in [2.24, 2.45) is 17.3 Å². The van der Waals surface area contributed by atoms with Crippen molar-refractivity contribution >= 4 is 0 Å². The summed E-state index contributed by atoms with van der Waals surface area (Å²) in [7, 11) is 0. The lowest BCUT2D eigenvalue weighted by Gasteiger charge is -2.36. The molecule has 2 rings (SSSR count). The van der Waals surface area contributed by atoms with Crippen LogP contribution in [0.25, 0.3) is 0 Å². The maximum Gasteiger partial charge on any atom is 0.181 e. The van der Waals surface area contributed by atoms with Crippen molar-refractivity contribution < 1.29 is 4.42 Å². The number of rotatable bonds is 5. The summed E-state index contributed by atoms with van der Waals surface area (Å²) in [6.45, 7) is 13.4. The van der Waals surface area contributed by atoms with Gasteiger partial charge < -0.3 is 9.73 Å². The minimum absolute atomic E-state index is 0.439.